The highest BCUT2D eigenvalue weighted by Gasteiger charge is 2.01. The van der Waals surface area contributed by atoms with Crippen LogP contribution in [0.5, 0.6) is 0 Å². The van der Waals surface area contributed by atoms with Gasteiger partial charge in [-0.2, -0.15) is 0 Å². The molecule has 0 spiro atoms. The predicted molar refractivity (Wildman–Crippen MR) is 59.4 cm³/mol. The summed E-state index contributed by atoms with van der Waals surface area (Å²) in [7, 11) is 2.03. The topological polar surface area (TPSA) is 30.1 Å². The second-order valence-corrected chi connectivity index (χ2v) is 3.82. The Labute approximate surface area is 89.7 Å². The molecule has 0 radical (unpaired) electrons. The fourth-order valence-corrected chi connectivity index (χ4v) is 1.57. The molecule has 80 valence electrons. The van der Waals surface area contributed by atoms with Crippen LogP contribution in [0.25, 0.3) is 0 Å². The van der Waals surface area contributed by atoms with Gasteiger partial charge in [0, 0.05) is 26.0 Å². The summed E-state index contributed by atoms with van der Waals surface area (Å²) in [6.07, 6.45) is 5.89. The van der Waals surface area contributed by atoms with Crippen molar-refractivity contribution in [2.75, 3.05) is 0 Å². The van der Waals surface area contributed by atoms with E-state index in [4.69, 9.17) is 4.42 Å². The first kappa shape index (κ1) is 10.1. The Balaban J connectivity index is 1.83. The maximum Gasteiger partial charge on any atom is 0.120 e. The van der Waals surface area contributed by atoms with Gasteiger partial charge < -0.3 is 14.3 Å². The highest BCUT2D eigenvalue weighted by molar-refractivity contribution is 5.15. The van der Waals surface area contributed by atoms with Crippen molar-refractivity contribution in [3.05, 3.63) is 47.7 Å². The van der Waals surface area contributed by atoms with E-state index in [1.54, 1.807) is 6.26 Å². The number of hydrogen-bond donors (Lipinski definition) is 1. The molecule has 3 nitrogen and oxygen atoms in total. The molecule has 2 rings (SSSR count). The first-order valence-electron chi connectivity index (χ1n) is 5.10. The molecule has 3 heteroatoms. The highest BCUT2D eigenvalue weighted by atomic mass is 16.3. The van der Waals surface area contributed by atoms with Crippen molar-refractivity contribution in [1.82, 2.24) is 9.88 Å². The van der Waals surface area contributed by atoms with Crippen LogP contribution >= 0.6 is 0 Å². The number of nitrogens with zero attached hydrogens (tertiary/aromatic N) is 1. The maximum atomic E-state index is 5.34. The van der Waals surface area contributed by atoms with Gasteiger partial charge in [0.05, 0.1) is 12.8 Å². The molecule has 0 aromatic carbocycles. The quantitative estimate of drug-likeness (QED) is 0.827. The monoisotopic (exact) mass is 204 g/mol. The average molecular weight is 204 g/mol. The van der Waals surface area contributed by atoms with Crippen LogP contribution in [0.4, 0.5) is 0 Å². The summed E-state index contributed by atoms with van der Waals surface area (Å²) in [6.45, 7) is 3.72. The van der Waals surface area contributed by atoms with Crippen molar-refractivity contribution in [3.8, 4) is 0 Å². The lowest BCUT2D eigenvalue weighted by atomic mass is 10.3. The van der Waals surface area contributed by atoms with Crippen LogP contribution in [0.3, 0.4) is 0 Å². The fourth-order valence-electron chi connectivity index (χ4n) is 1.57. The van der Waals surface area contributed by atoms with Crippen molar-refractivity contribution in [1.29, 1.82) is 0 Å². The summed E-state index contributed by atoms with van der Waals surface area (Å²) in [5.41, 5.74) is 2.50. The van der Waals surface area contributed by atoms with Gasteiger partial charge in [-0.1, -0.05) is 0 Å². The molecule has 0 unspecified atom stereocenters. The molecular weight excluding hydrogens is 188 g/mol. The predicted octanol–water partition coefficient (Wildman–Crippen LogP) is 2.22. The Kier molecular flexibility index (Phi) is 2.92. The average Bonchev–Trinajstić information content (AvgIpc) is 2.77. The summed E-state index contributed by atoms with van der Waals surface area (Å²) < 4.78 is 7.39. The first-order valence-corrected chi connectivity index (χ1v) is 5.10. The summed E-state index contributed by atoms with van der Waals surface area (Å²) in [5, 5.41) is 3.35. The molecule has 1 N–H and O–H groups in total. The van der Waals surface area contributed by atoms with Crippen molar-refractivity contribution in [2.45, 2.75) is 20.0 Å². The zero-order valence-corrected chi connectivity index (χ0v) is 9.16. The lowest BCUT2D eigenvalue weighted by Gasteiger charge is -2.01. The molecular formula is C12H16N2O. The van der Waals surface area contributed by atoms with Crippen LogP contribution in [0.2, 0.25) is 0 Å². The van der Waals surface area contributed by atoms with E-state index in [-0.39, 0.29) is 0 Å². The van der Waals surface area contributed by atoms with Crippen LogP contribution < -0.4 is 5.32 Å². The number of aromatic nitrogens is 1. The van der Waals surface area contributed by atoms with E-state index in [2.05, 4.69) is 35.3 Å². The molecule has 0 amide bonds. The number of aryl methyl sites for hydroxylation is 2. The normalized spacial score (nSPS) is 10.8. The standard InChI is InChI=1S/C12H16N2O/c1-10-4-6-15-12(10)8-13-7-11-3-5-14(2)9-11/h3-6,9,13H,7-8H2,1-2H3. The molecule has 0 aliphatic heterocycles. The molecule has 0 aliphatic carbocycles. The Morgan fingerprint density at radius 1 is 1.33 bits per heavy atom. The lowest BCUT2D eigenvalue weighted by Crippen LogP contribution is -2.12. The zero-order chi connectivity index (χ0) is 10.7. The van der Waals surface area contributed by atoms with Gasteiger partial charge in [0.1, 0.15) is 5.76 Å². The third kappa shape index (κ3) is 2.50. The SMILES string of the molecule is Cc1ccoc1CNCc1ccn(C)c1. The number of nitrogens with one attached hydrogen (secondary N) is 1. The second-order valence-electron chi connectivity index (χ2n) is 3.82. The Hall–Kier alpha value is -1.48. The van der Waals surface area contributed by atoms with Gasteiger partial charge in [-0.25, -0.2) is 0 Å². The lowest BCUT2D eigenvalue weighted by molar-refractivity contribution is 0.480. The van der Waals surface area contributed by atoms with Gasteiger partial charge in [-0.3, -0.25) is 0 Å². The summed E-state index contributed by atoms with van der Waals surface area (Å²) in [4.78, 5) is 0. The molecule has 2 aromatic heterocycles. The van der Waals surface area contributed by atoms with E-state index >= 15 is 0 Å². The van der Waals surface area contributed by atoms with E-state index in [1.807, 2.05) is 13.1 Å². The second kappa shape index (κ2) is 4.36. The minimum atomic E-state index is 0.785. The minimum absolute atomic E-state index is 0.785. The van der Waals surface area contributed by atoms with E-state index in [1.165, 1.54) is 11.1 Å². The van der Waals surface area contributed by atoms with E-state index in [0.29, 0.717) is 0 Å². The number of furan rings is 1. The van der Waals surface area contributed by atoms with Crippen LogP contribution in [0.1, 0.15) is 16.9 Å². The van der Waals surface area contributed by atoms with Crippen LogP contribution in [0, 0.1) is 6.92 Å². The van der Waals surface area contributed by atoms with Gasteiger partial charge in [0.25, 0.3) is 0 Å². The van der Waals surface area contributed by atoms with Gasteiger partial charge in [-0.15, -0.1) is 0 Å². The summed E-state index contributed by atoms with van der Waals surface area (Å²) in [5.74, 6) is 1.02. The third-order valence-electron chi connectivity index (χ3n) is 2.48. The molecule has 0 aliphatic rings. The smallest absolute Gasteiger partial charge is 0.120 e. The Morgan fingerprint density at radius 3 is 2.80 bits per heavy atom. The largest absolute Gasteiger partial charge is 0.468 e. The highest BCUT2D eigenvalue weighted by Crippen LogP contribution is 2.08. The molecule has 15 heavy (non-hydrogen) atoms. The third-order valence-corrected chi connectivity index (χ3v) is 2.48. The van der Waals surface area contributed by atoms with Crippen LogP contribution in [0.15, 0.2) is 35.2 Å². The van der Waals surface area contributed by atoms with Crippen molar-refractivity contribution >= 4 is 0 Å². The van der Waals surface area contributed by atoms with Crippen molar-refractivity contribution < 1.29 is 4.42 Å². The summed E-state index contributed by atoms with van der Waals surface area (Å²) in [6, 6.07) is 4.10. The van der Waals surface area contributed by atoms with Crippen molar-refractivity contribution in [3.63, 3.8) is 0 Å². The van der Waals surface area contributed by atoms with E-state index < -0.39 is 0 Å². The fraction of sp³-hybridized carbons (Fsp3) is 0.333. The van der Waals surface area contributed by atoms with E-state index in [0.717, 1.165) is 18.8 Å². The molecule has 0 fully saturated rings. The molecule has 0 atom stereocenters. The van der Waals surface area contributed by atoms with Gasteiger partial charge in [0.2, 0.25) is 0 Å². The van der Waals surface area contributed by atoms with Crippen LogP contribution in [-0.2, 0) is 20.1 Å². The van der Waals surface area contributed by atoms with Crippen molar-refractivity contribution in [2.24, 2.45) is 7.05 Å². The zero-order valence-electron chi connectivity index (χ0n) is 9.16. The molecule has 2 heterocycles. The molecule has 2 aromatic rings. The van der Waals surface area contributed by atoms with Gasteiger partial charge in [-0.05, 0) is 30.2 Å². The first-order chi connectivity index (χ1) is 7.25. The maximum absolute atomic E-state index is 5.34. The number of hydrogen-bond acceptors (Lipinski definition) is 2. The van der Waals surface area contributed by atoms with Crippen LogP contribution in [-0.4, -0.2) is 4.57 Å². The number of rotatable bonds is 4. The molecule has 0 bridgehead atoms. The van der Waals surface area contributed by atoms with E-state index in [9.17, 15) is 0 Å². The van der Waals surface area contributed by atoms with Gasteiger partial charge in [0.15, 0.2) is 0 Å². The minimum Gasteiger partial charge on any atom is -0.468 e. The Bertz CT molecular complexity index is 428. The molecule has 0 saturated carbocycles. The summed E-state index contributed by atoms with van der Waals surface area (Å²) >= 11 is 0. The van der Waals surface area contributed by atoms with Gasteiger partial charge >= 0.3 is 0 Å². The molecule has 0 saturated heterocycles. The Morgan fingerprint density at radius 2 is 2.20 bits per heavy atom.